The van der Waals surface area contributed by atoms with E-state index in [1.165, 1.54) is 24.0 Å². The van der Waals surface area contributed by atoms with E-state index in [-0.39, 0.29) is 12.2 Å². The van der Waals surface area contributed by atoms with Crippen LogP contribution in [0.2, 0.25) is 0 Å². The smallest absolute Gasteiger partial charge is 0.326 e. The van der Waals surface area contributed by atoms with Crippen molar-refractivity contribution >= 4 is 23.7 Å². The quantitative estimate of drug-likeness (QED) is 0.216. The number of unbranched alkanes of at least 4 members (excludes halogenated alkanes) is 1. The van der Waals surface area contributed by atoms with Crippen LogP contribution in [0.5, 0.6) is 5.75 Å². The third kappa shape index (κ3) is 7.70. The van der Waals surface area contributed by atoms with Gasteiger partial charge >= 0.3 is 5.97 Å². The lowest BCUT2D eigenvalue weighted by Crippen LogP contribution is -2.56. The largest absolute Gasteiger partial charge is 0.508 e. The molecule has 11 nitrogen and oxygen atoms in total. The molecule has 1 aliphatic heterocycles. The summed E-state index contributed by atoms with van der Waals surface area (Å²) in [5.74, 6) is -2.51. The Kier molecular flexibility index (Phi) is 10.3. The zero-order valence-corrected chi connectivity index (χ0v) is 19.4. The molecule has 1 aromatic carbocycles. The molecule has 1 aromatic rings. The van der Waals surface area contributed by atoms with Crippen molar-refractivity contribution in [3.63, 3.8) is 0 Å². The molecule has 0 radical (unpaired) electrons. The van der Waals surface area contributed by atoms with Gasteiger partial charge < -0.3 is 37.2 Å². The van der Waals surface area contributed by atoms with Crippen LogP contribution < -0.4 is 22.1 Å². The first-order chi connectivity index (χ1) is 16.1. The normalized spacial score (nSPS) is 18.1. The summed E-state index contributed by atoms with van der Waals surface area (Å²) < 4.78 is 0. The molecule has 0 aliphatic carbocycles. The molecule has 11 heteroatoms. The number of benzene rings is 1. The van der Waals surface area contributed by atoms with Crippen molar-refractivity contribution in [3.05, 3.63) is 29.8 Å². The molecule has 34 heavy (non-hydrogen) atoms. The highest BCUT2D eigenvalue weighted by Crippen LogP contribution is 2.20. The number of nitrogens with two attached hydrogens (primary N) is 2. The van der Waals surface area contributed by atoms with Gasteiger partial charge in [0.1, 0.15) is 23.9 Å². The molecule has 1 fully saturated rings. The van der Waals surface area contributed by atoms with Crippen molar-refractivity contribution in [2.75, 3.05) is 13.1 Å². The van der Waals surface area contributed by atoms with E-state index >= 15 is 0 Å². The van der Waals surface area contributed by atoms with Crippen LogP contribution in [0.3, 0.4) is 0 Å². The van der Waals surface area contributed by atoms with Gasteiger partial charge in [-0.15, -0.1) is 0 Å². The summed E-state index contributed by atoms with van der Waals surface area (Å²) in [5, 5.41) is 24.0. The van der Waals surface area contributed by atoms with Crippen molar-refractivity contribution in [2.24, 2.45) is 11.5 Å². The molecule has 3 amide bonds. The fourth-order valence-electron chi connectivity index (χ4n) is 3.90. The second-order valence-corrected chi connectivity index (χ2v) is 8.58. The van der Waals surface area contributed by atoms with E-state index in [9.17, 15) is 29.4 Å². The number of carbonyl (C=O) groups is 4. The minimum atomic E-state index is -1.07. The first-order valence-corrected chi connectivity index (χ1v) is 11.5. The second kappa shape index (κ2) is 12.9. The minimum absolute atomic E-state index is 0.103. The highest BCUT2D eigenvalue weighted by molar-refractivity contribution is 5.94. The number of carboxylic acid groups (broad SMARTS) is 1. The van der Waals surface area contributed by atoms with Gasteiger partial charge in [0, 0.05) is 6.54 Å². The van der Waals surface area contributed by atoms with Crippen LogP contribution in [0.15, 0.2) is 24.3 Å². The average Bonchev–Trinajstić information content (AvgIpc) is 3.29. The number of hydrogen-bond donors (Lipinski definition) is 6. The SMILES string of the molecule is CC(NC(=O)C(N)Cc1ccc(O)cc1)C(=O)NC(CCCCN)C(=O)N1CCCC1C(=O)O. The molecule has 0 spiro atoms. The van der Waals surface area contributed by atoms with Crippen LogP contribution >= 0.6 is 0 Å². The van der Waals surface area contributed by atoms with E-state index < -0.39 is 47.9 Å². The number of aliphatic carboxylic acids is 1. The van der Waals surface area contributed by atoms with Crippen molar-refractivity contribution in [3.8, 4) is 5.75 Å². The van der Waals surface area contributed by atoms with Crippen LogP contribution in [0.4, 0.5) is 0 Å². The zero-order valence-electron chi connectivity index (χ0n) is 19.4. The van der Waals surface area contributed by atoms with Gasteiger partial charge in [-0.05, 0) is 69.7 Å². The van der Waals surface area contributed by atoms with E-state index in [2.05, 4.69) is 10.6 Å². The Morgan fingerprint density at radius 1 is 1.12 bits per heavy atom. The maximum Gasteiger partial charge on any atom is 0.326 e. The van der Waals surface area contributed by atoms with Crippen molar-refractivity contribution in [2.45, 2.75) is 69.6 Å². The molecule has 1 saturated heterocycles. The molecule has 0 aromatic heterocycles. The Morgan fingerprint density at radius 2 is 1.79 bits per heavy atom. The molecule has 8 N–H and O–H groups in total. The van der Waals surface area contributed by atoms with Crippen LogP contribution in [0, 0.1) is 0 Å². The van der Waals surface area contributed by atoms with Crippen molar-refractivity contribution in [1.29, 1.82) is 0 Å². The number of amides is 3. The standard InChI is InChI=1S/C23H35N5O6/c1-14(26-21(31)17(25)13-15-7-9-16(29)10-8-15)20(30)27-18(5-2-3-11-24)22(32)28-12-4-6-19(28)23(33)34/h7-10,14,17-19,29H,2-6,11-13,24-25H2,1H3,(H,26,31)(H,27,30)(H,33,34). The highest BCUT2D eigenvalue weighted by Gasteiger charge is 2.37. The van der Waals surface area contributed by atoms with E-state index in [0.29, 0.717) is 45.2 Å². The number of rotatable bonds is 12. The summed E-state index contributed by atoms with van der Waals surface area (Å²) in [6.07, 6.45) is 2.71. The van der Waals surface area contributed by atoms with Crippen molar-refractivity contribution < 1.29 is 29.4 Å². The molecule has 0 bridgehead atoms. The lowest BCUT2D eigenvalue weighted by molar-refractivity contribution is -0.149. The molecule has 2 rings (SSSR count). The molecular formula is C23H35N5O6. The molecule has 0 saturated carbocycles. The second-order valence-electron chi connectivity index (χ2n) is 8.58. The predicted octanol–water partition coefficient (Wildman–Crippen LogP) is -0.544. The number of hydrogen-bond acceptors (Lipinski definition) is 7. The Morgan fingerprint density at radius 3 is 2.41 bits per heavy atom. The van der Waals surface area contributed by atoms with Gasteiger partial charge in [-0.25, -0.2) is 4.79 Å². The van der Waals surface area contributed by atoms with Gasteiger partial charge in [-0.1, -0.05) is 12.1 Å². The highest BCUT2D eigenvalue weighted by atomic mass is 16.4. The van der Waals surface area contributed by atoms with Gasteiger partial charge in [0.15, 0.2) is 0 Å². The monoisotopic (exact) mass is 477 g/mol. The fraction of sp³-hybridized carbons (Fsp3) is 0.565. The minimum Gasteiger partial charge on any atom is -0.508 e. The Balaban J connectivity index is 1.97. The summed E-state index contributed by atoms with van der Waals surface area (Å²) in [4.78, 5) is 51.1. The molecule has 188 valence electrons. The summed E-state index contributed by atoms with van der Waals surface area (Å²) >= 11 is 0. The molecular weight excluding hydrogens is 442 g/mol. The first-order valence-electron chi connectivity index (χ1n) is 11.5. The number of likely N-dealkylation sites (tertiary alicyclic amines) is 1. The topological polar surface area (TPSA) is 188 Å². The zero-order chi connectivity index (χ0) is 25.3. The van der Waals surface area contributed by atoms with Crippen LogP contribution in [0.1, 0.15) is 44.6 Å². The Hall–Kier alpha value is -3.18. The summed E-state index contributed by atoms with van der Waals surface area (Å²) in [5.41, 5.74) is 12.2. The average molecular weight is 478 g/mol. The van der Waals surface area contributed by atoms with E-state index in [1.807, 2.05) is 0 Å². The lowest BCUT2D eigenvalue weighted by Gasteiger charge is -2.28. The number of phenols is 1. The third-order valence-electron chi connectivity index (χ3n) is 5.86. The number of phenolic OH excluding ortho intramolecular Hbond substituents is 1. The van der Waals surface area contributed by atoms with Crippen LogP contribution in [0.25, 0.3) is 0 Å². The molecule has 1 heterocycles. The summed E-state index contributed by atoms with van der Waals surface area (Å²) in [7, 11) is 0. The maximum absolute atomic E-state index is 13.1. The number of carboxylic acids is 1. The number of nitrogens with zero attached hydrogens (tertiary/aromatic N) is 1. The van der Waals surface area contributed by atoms with E-state index in [1.54, 1.807) is 12.1 Å². The molecule has 1 aliphatic rings. The van der Waals surface area contributed by atoms with Gasteiger partial charge in [-0.2, -0.15) is 0 Å². The number of nitrogens with one attached hydrogen (secondary N) is 2. The van der Waals surface area contributed by atoms with Gasteiger partial charge in [0.05, 0.1) is 6.04 Å². The number of aromatic hydroxyl groups is 1. The summed E-state index contributed by atoms with van der Waals surface area (Å²) in [6, 6.07) is 2.60. The van der Waals surface area contributed by atoms with E-state index in [0.717, 1.165) is 5.56 Å². The predicted molar refractivity (Wildman–Crippen MR) is 125 cm³/mol. The van der Waals surface area contributed by atoms with Gasteiger partial charge in [0.2, 0.25) is 17.7 Å². The Bertz CT molecular complexity index is 862. The lowest BCUT2D eigenvalue weighted by atomic mass is 10.1. The van der Waals surface area contributed by atoms with Gasteiger partial charge in [0.25, 0.3) is 0 Å². The van der Waals surface area contributed by atoms with Crippen LogP contribution in [-0.2, 0) is 25.6 Å². The Labute approximate surface area is 198 Å². The van der Waals surface area contributed by atoms with Crippen molar-refractivity contribution in [1.82, 2.24) is 15.5 Å². The molecule has 4 unspecified atom stereocenters. The third-order valence-corrected chi connectivity index (χ3v) is 5.86. The van der Waals surface area contributed by atoms with E-state index in [4.69, 9.17) is 11.5 Å². The fourth-order valence-corrected chi connectivity index (χ4v) is 3.90. The number of carbonyl (C=O) groups excluding carboxylic acids is 3. The maximum atomic E-state index is 13.1. The summed E-state index contributed by atoms with van der Waals surface area (Å²) in [6.45, 7) is 2.23. The van der Waals surface area contributed by atoms with Crippen LogP contribution in [-0.4, -0.2) is 76.1 Å². The molecule has 4 atom stereocenters. The first kappa shape index (κ1) is 27.1. The van der Waals surface area contributed by atoms with Gasteiger partial charge in [-0.3, -0.25) is 14.4 Å².